The normalized spacial score (nSPS) is 15.4. The van der Waals surface area contributed by atoms with E-state index in [0.29, 0.717) is 17.4 Å². The van der Waals surface area contributed by atoms with Crippen molar-refractivity contribution in [2.45, 2.75) is 25.3 Å². The molecule has 0 unspecified atom stereocenters. The van der Waals surface area contributed by atoms with Crippen LogP contribution in [0.15, 0.2) is 6.20 Å². The SMILES string of the molecule is COC(=O)c1cnc(Cl)nc1NC1CCC1. The molecule has 2 rings (SSSR count). The molecule has 5 nitrogen and oxygen atoms in total. The fourth-order valence-electron chi connectivity index (χ4n) is 1.48. The van der Waals surface area contributed by atoms with Crippen LogP contribution in [-0.4, -0.2) is 29.1 Å². The molecule has 1 aliphatic rings. The number of carbonyl (C=O) groups excluding carboxylic acids is 1. The summed E-state index contributed by atoms with van der Waals surface area (Å²) in [7, 11) is 1.32. The smallest absolute Gasteiger partial charge is 0.343 e. The molecule has 1 aromatic heterocycles. The van der Waals surface area contributed by atoms with Crippen molar-refractivity contribution in [3.63, 3.8) is 0 Å². The standard InChI is InChI=1S/C10H12ClN3O2/c1-16-9(15)7-5-12-10(11)14-8(7)13-6-3-2-4-6/h5-6H,2-4H2,1H3,(H,12,13,14). The third-order valence-electron chi connectivity index (χ3n) is 2.61. The Morgan fingerprint density at radius 2 is 2.38 bits per heavy atom. The second-order valence-corrected chi connectivity index (χ2v) is 4.00. The van der Waals surface area contributed by atoms with Gasteiger partial charge in [-0.25, -0.2) is 9.78 Å². The van der Waals surface area contributed by atoms with E-state index in [1.165, 1.54) is 19.7 Å². The molecule has 16 heavy (non-hydrogen) atoms. The number of carbonyl (C=O) groups is 1. The van der Waals surface area contributed by atoms with Gasteiger partial charge in [0.2, 0.25) is 5.28 Å². The molecule has 6 heteroatoms. The number of nitrogens with one attached hydrogen (secondary N) is 1. The predicted octanol–water partition coefficient (Wildman–Crippen LogP) is 1.88. The topological polar surface area (TPSA) is 64.1 Å². The molecule has 0 radical (unpaired) electrons. The number of anilines is 1. The van der Waals surface area contributed by atoms with E-state index >= 15 is 0 Å². The van der Waals surface area contributed by atoms with Crippen LogP contribution in [0.5, 0.6) is 0 Å². The first-order chi connectivity index (χ1) is 7.70. The van der Waals surface area contributed by atoms with Gasteiger partial charge in [0.15, 0.2) is 0 Å². The Labute approximate surface area is 98.2 Å². The Morgan fingerprint density at radius 1 is 1.62 bits per heavy atom. The second-order valence-electron chi connectivity index (χ2n) is 3.67. The zero-order valence-corrected chi connectivity index (χ0v) is 9.62. The van der Waals surface area contributed by atoms with Crippen molar-refractivity contribution in [2.24, 2.45) is 0 Å². The molecule has 0 amide bonds. The van der Waals surface area contributed by atoms with Crippen molar-refractivity contribution < 1.29 is 9.53 Å². The van der Waals surface area contributed by atoms with Gasteiger partial charge in [0, 0.05) is 12.2 Å². The van der Waals surface area contributed by atoms with Crippen molar-refractivity contribution in [1.29, 1.82) is 0 Å². The molecule has 1 aliphatic carbocycles. The summed E-state index contributed by atoms with van der Waals surface area (Å²) in [6, 6.07) is 0.370. The van der Waals surface area contributed by atoms with Gasteiger partial charge in [-0.15, -0.1) is 0 Å². The number of esters is 1. The lowest BCUT2D eigenvalue weighted by Gasteiger charge is -2.27. The number of halogens is 1. The largest absolute Gasteiger partial charge is 0.465 e. The summed E-state index contributed by atoms with van der Waals surface area (Å²) in [6.45, 7) is 0. The highest BCUT2D eigenvalue weighted by molar-refractivity contribution is 6.28. The number of ether oxygens (including phenoxy) is 1. The highest BCUT2D eigenvalue weighted by atomic mass is 35.5. The zero-order chi connectivity index (χ0) is 11.5. The number of nitrogens with zero attached hydrogens (tertiary/aromatic N) is 2. The predicted molar refractivity (Wildman–Crippen MR) is 59.6 cm³/mol. The maximum Gasteiger partial charge on any atom is 0.343 e. The van der Waals surface area contributed by atoms with E-state index < -0.39 is 5.97 Å². The van der Waals surface area contributed by atoms with Crippen LogP contribution in [0.4, 0.5) is 5.82 Å². The monoisotopic (exact) mass is 241 g/mol. The van der Waals surface area contributed by atoms with Gasteiger partial charge < -0.3 is 10.1 Å². The number of hydrogen-bond acceptors (Lipinski definition) is 5. The van der Waals surface area contributed by atoms with Crippen LogP contribution in [0.1, 0.15) is 29.6 Å². The third kappa shape index (κ3) is 2.24. The first-order valence-corrected chi connectivity index (χ1v) is 5.46. The molecule has 1 aromatic rings. The Balaban J connectivity index is 2.24. The summed E-state index contributed by atoms with van der Waals surface area (Å²) in [5.74, 6) is -0.00459. The number of methoxy groups -OCH3 is 1. The van der Waals surface area contributed by atoms with E-state index in [0.717, 1.165) is 12.8 Å². The van der Waals surface area contributed by atoms with E-state index in [4.69, 9.17) is 11.6 Å². The van der Waals surface area contributed by atoms with Crippen LogP contribution in [0.3, 0.4) is 0 Å². The van der Waals surface area contributed by atoms with E-state index in [1.54, 1.807) is 0 Å². The number of rotatable bonds is 3. The van der Waals surface area contributed by atoms with Gasteiger partial charge in [0.25, 0.3) is 0 Å². The summed E-state index contributed by atoms with van der Waals surface area (Å²) < 4.78 is 4.65. The molecular formula is C10H12ClN3O2. The quantitative estimate of drug-likeness (QED) is 0.647. The van der Waals surface area contributed by atoms with Crippen LogP contribution in [0.25, 0.3) is 0 Å². The first-order valence-electron chi connectivity index (χ1n) is 5.08. The summed E-state index contributed by atoms with van der Waals surface area (Å²) in [4.78, 5) is 19.2. The minimum absolute atomic E-state index is 0.120. The van der Waals surface area contributed by atoms with E-state index in [1.807, 2.05) is 0 Å². The molecular weight excluding hydrogens is 230 g/mol. The Hall–Kier alpha value is -1.36. The average Bonchev–Trinajstić information content (AvgIpc) is 2.22. The van der Waals surface area contributed by atoms with Crippen molar-refractivity contribution in [3.05, 3.63) is 17.0 Å². The maximum atomic E-state index is 11.4. The molecule has 0 aromatic carbocycles. The van der Waals surface area contributed by atoms with Gasteiger partial charge in [-0.3, -0.25) is 0 Å². The number of aromatic nitrogens is 2. The van der Waals surface area contributed by atoms with Crippen LogP contribution in [-0.2, 0) is 4.74 Å². The van der Waals surface area contributed by atoms with Gasteiger partial charge in [-0.05, 0) is 30.9 Å². The molecule has 1 heterocycles. The molecule has 0 bridgehead atoms. The molecule has 0 saturated heterocycles. The van der Waals surface area contributed by atoms with Gasteiger partial charge in [0.05, 0.1) is 7.11 Å². The van der Waals surface area contributed by atoms with E-state index in [2.05, 4.69) is 20.0 Å². The van der Waals surface area contributed by atoms with Crippen molar-refractivity contribution in [2.75, 3.05) is 12.4 Å². The van der Waals surface area contributed by atoms with Crippen molar-refractivity contribution in [1.82, 2.24) is 9.97 Å². The van der Waals surface area contributed by atoms with Crippen LogP contribution in [0, 0.1) is 0 Å². The van der Waals surface area contributed by atoms with E-state index in [-0.39, 0.29) is 5.28 Å². The van der Waals surface area contributed by atoms with Crippen molar-refractivity contribution in [3.8, 4) is 0 Å². The second kappa shape index (κ2) is 4.65. The minimum Gasteiger partial charge on any atom is -0.465 e. The summed E-state index contributed by atoms with van der Waals surface area (Å²) in [6.07, 6.45) is 4.75. The Kier molecular flexibility index (Phi) is 3.24. The minimum atomic E-state index is -0.460. The lowest BCUT2D eigenvalue weighted by atomic mass is 9.93. The fourth-order valence-corrected chi connectivity index (χ4v) is 1.61. The summed E-state index contributed by atoms with van der Waals surface area (Å²) in [5, 5.41) is 3.29. The summed E-state index contributed by atoms with van der Waals surface area (Å²) in [5.41, 5.74) is 0.318. The highest BCUT2D eigenvalue weighted by Gasteiger charge is 2.21. The highest BCUT2D eigenvalue weighted by Crippen LogP contribution is 2.24. The molecule has 0 atom stereocenters. The van der Waals surface area contributed by atoms with Crippen molar-refractivity contribution >= 4 is 23.4 Å². The molecule has 1 N–H and O–H groups in total. The molecule has 0 aliphatic heterocycles. The number of hydrogen-bond donors (Lipinski definition) is 1. The maximum absolute atomic E-state index is 11.4. The molecule has 1 saturated carbocycles. The van der Waals surface area contributed by atoms with Gasteiger partial charge in [-0.1, -0.05) is 0 Å². The van der Waals surface area contributed by atoms with Crippen LogP contribution in [0.2, 0.25) is 5.28 Å². The zero-order valence-electron chi connectivity index (χ0n) is 8.86. The van der Waals surface area contributed by atoms with Gasteiger partial charge in [0.1, 0.15) is 11.4 Å². The fraction of sp³-hybridized carbons (Fsp3) is 0.500. The summed E-state index contributed by atoms with van der Waals surface area (Å²) >= 11 is 5.70. The lowest BCUT2D eigenvalue weighted by Crippen LogP contribution is -2.28. The molecule has 86 valence electrons. The van der Waals surface area contributed by atoms with Crippen LogP contribution < -0.4 is 5.32 Å². The third-order valence-corrected chi connectivity index (χ3v) is 2.79. The lowest BCUT2D eigenvalue weighted by molar-refractivity contribution is 0.0601. The first kappa shape index (κ1) is 11.1. The van der Waals surface area contributed by atoms with Gasteiger partial charge in [-0.2, -0.15) is 4.98 Å². The van der Waals surface area contributed by atoms with E-state index in [9.17, 15) is 4.79 Å². The molecule has 0 spiro atoms. The average molecular weight is 242 g/mol. The molecule has 1 fully saturated rings. The Bertz CT molecular complexity index is 407. The van der Waals surface area contributed by atoms with Gasteiger partial charge >= 0.3 is 5.97 Å². The van der Waals surface area contributed by atoms with Crippen LogP contribution >= 0.6 is 11.6 Å². The Morgan fingerprint density at radius 3 is 2.94 bits per heavy atom.